The van der Waals surface area contributed by atoms with Crippen molar-refractivity contribution in [1.29, 1.82) is 0 Å². The van der Waals surface area contributed by atoms with Crippen molar-refractivity contribution in [1.82, 2.24) is 5.32 Å². The fourth-order valence-electron chi connectivity index (χ4n) is 2.45. The van der Waals surface area contributed by atoms with Gasteiger partial charge in [0.2, 0.25) is 0 Å². The molecule has 0 unspecified atom stereocenters. The molecule has 0 spiro atoms. The summed E-state index contributed by atoms with van der Waals surface area (Å²) in [5, 5.41) is 13.9. The molecule has 0 atom stereocenters. The number of thiocarbonyl (C=S) groups is 1. The Labute approximate surface area is 179 Å². The standard InChI is InChI=1S/C21H23FN2O5S/c1-14(2)8-9-28-20(25)13-29-19-11-16(22)6-7-18(19)21(30)23-12-15-4-3-5-17(10-15)24(26)27/h3-7,10-11,14H,8-9,12-13H2,1-2H3,(H,23,30). The normalized spacial score (nSPS) is 10.5. The molecule has 0 aliphatic carbocycles. The van der Waals surface area contributed by atoms with Crippen LogP contribution in [0.5, 0.6) is 5.75 Å². The number of benzene rings is 2. The van der Waals surface area contributed by atoms with Crippen LogP contribution >= 0.6 is 12.2 Å². The van der Waals surface area contributed by atoms with Crippen molar-refractivity contribution in [3.05, 3.63) is 69.5 Å². The van der Waals surface area contributed by atoms with Crippen LogP contribution in [0, 0.1) is 21.8 Å². The zero-order chi connectivity index (χ0) is 22.1. The molecule has 0 saturated carbocycles. The molecule has 9 heteroatoms. The van der Waals surface area contributed by atoms with E-state index in [2.05, 4.69) is 5.32 Å². The summed E-state index contributed by atoms with van der Waals surface area (Å²) in [5.41, 5.74) is 1.03. The molecule has 160 valence electrons. The van der Waals surface area contributed by atoms with Gasteiger partial charge in [-0.3, -0.25) is 10.1 Å². The highest BCUT2D eigenvalue weighted by atomic mass is 32.1. The number of carbonyl (C=O) groups excluding carboxylic acids is 1. The van der Waals surface area contributed by atoms with Crippen molar-refractivity contribution >= 4 is 28.9 Å². The van der Waals surface area contributed by atoms with Crippen molar-refractivity contribution in [2.75, 3.05) is 13.2 Å². The summed E-state index contributed by atoms with van der Waals surface area (Å²) in [6.45, 7) is 4.19. The largest absolute Gasteiger partial charge is 0.481 e. The third-order valence-corrected chi connectivity index (χ3v) is 4.43. The first kappa shape index (κ1) is 23.2. The quantitative estimate of drug-likeness (QED) is 0.260. The first-order valence-electron chi connectivity index (χ1n) is 9.35. The zero-order valence-electron chi connectivity index (χ0n) is 16.7. The Kier molecular flexibility index (Phi) is 8.67. The highest BCUT2D eigenvalue weighted by molar-refractivity contribution is 7.80. The molecule has 0 fully saturated rings. The van der Waals surface area contributed by atoms with Gasteiger partial charge in [-0.05, 0) is 30.0 Å². The van der Waals surface area contributed by atoms with Crippen LogP contribution in [0.2, 0.25) is 0 Å². The van der Waals surface area contributed by atoms with Gasteiger partial charge in [0, 0.05) is 24.7 Å². The van der Waals surface area contributed by atoms with E-state index in [4.69, 9.17) is 21.7 Å². The fourth-order valence-corrected chi connectivity index (χ4v) is 2.69. The van der Waals surface area contributed by atoms with Gasteiger partial charge >= 0.3 is 5.97 Å². The van der Waals surface area contributed by atoms with Gasteiger partial charge in [-0.25, -0.2) is 9.18 Å². The van der Waals surface area contributed by atoms with Crippen LogP contribution in [0.25, 0.3) is 0 Å². The fraction of sp³-hybridized carbons (Fsp3) is 0.333. The second-order valence-corrected chi connectivity index (χ2v) is 7.35. The number of carbonyl (C=O) groups is 1. The van der Waals surface area contributed by atoms with Gasteiger partial charge in [0.05, 0.1) is 17.1 Å². The van der Waals surface area contributed by atoms with E-state index in [0.29, 0.717) is 23.7 Å². The monoisotopic (exact) mass is 434 g/mol. The van der Waals surface area contributed by atoms with Crippen molar-refractivity contribution in [3.63, 3.8) is 0 Å². The lowest BCUT2D eigenvalue weighted by atomic mass is 10.1. The summed E-state index contributed by atoms with van der Waals surface area (Å²) in [7, 11) is 0. The lowest BCUT2D eigenvalue weighted by Gasteiger charge is -2.14. The molecule has 0 heterocycles. The predicted octanol–water partition coefficient (Wildman–Crippen LogP) is 4.17. The number of non-ortho nitro benzene ring substituents is 1. The number of ether oxygens (including phenoxy) is 2. The molecule has 0 bridgehead atoms. The average Bonchev–Trinajstić information content (AvgIpc) is 2.70. The molecule has 0 amide bonds. The Morgan fingerprint density at radius 3 is 2.73 bits per heavy atom. The van der Waals surface area contributed by atoms with Gasteiger partial charge in [-0.15, -0.1) is 0 Å². The van der Waals surface area contributed by atoms with Crippen LogP contribution in [0.4, 0.5) is 10.1 Å². The number of nitrogens with one attached hydrogen (secondary N) is 1. The molecule has 2 rings (SSSR count). The molecule has 2 aromatic rings. The van der Waals surface area contributed by atoms with E-state index in [0.717, 1.165) is 12.5 Å². The molecule has 0 aliphatic rings. The van der Waals surface area contributed by atoms with E-state index in [1.165, 1.54) is 24.3 Å². The van der Waals surface area contributed by atoms with E-state index in [9.17, 15) is 19.3 Å². The number of hydrogen-bond acceptors (Lipinski definition) is 6. The second kappa shape index (κ2) is 11.2. The van der Waals surface area contributed by atoms with Crippen LogP contribution in [0.15, 0.2) is 42.5 Å². The van der Waals surface area contributed by atoms with Crippen LogP contribution in [-0.2, 0) is 16.1 Å². The van der Waals surface area contributed by atoms with Gasteiger partial charge < -0.3 is 14.8 Å². The first-order valence-corrected chi connectivity index (χ1v) is 9.76. The smallest absolute Gasteiger partial charge is 0.344 e. The number of halogens is 1. The predicted molar refractivity (Wildman–Crippen MR) is 114 cm³/mol. The van der Waals surface area contributed by atoms with Crippen LogP contribution in [0.1, 0.15) is 31.4 Å². The van der Waals surface area contributed by atoms with E-state index in [1.807, 2.05) is 13.8 Å². The van der Waals surface area contributed by atoms with Crippen LogP contribution in [-0.4, -0.2) is 29.1 Å². The number of esters is 1. The lowest BCUT2D eigenvalue weighted by molar-refractivity contribution is -0.384. The lowest BCUT2D eigenvalue weighted by Crippen LogP contribution is -2.23. The van der Waals surface area contributed by atoms with E-state index >= 15 is 0 Å². The molecule has 0 radical (unpaired) electrons. The Morgan fingerprint density at radius 2 is 2.03 bits per heavy atom. The summed E-state index contributed by atoms with van der Waals surface area (Å²) in [6.07, 6.45) is 0.739. The number of nitro groups is 1. The van der Waals surface area contributed by atoms with E-state index in [1.54, 1.807) is 12.1 Å². The number of hydrogen-bond donors (Lipinski definition) is 1. The summed E-state index contributed by atoms with van der Waals surface area (Å²) in [5.74, 6) is -0.583. The molecule has 7 nitrogen and oxygen atoms in total. The van der Waals surface area contributed by atoms with E-state index < -0.39 is 16.7 Å². The van der Waals surface area contributed by atoms with Gasteiger partial charge in [-0.2, -0.15) is 0 Å². The summed E-state index contributed by atoms with van der Waals surface area (Å²) < 4.78 is 24.2. The van der Waals surface area contributed by atoms with E-state index in [-0.39, 0.29) is 29.6 Å². The molecule has 0 saturated heterocycles. The molecule has 0 aromatic heterocycles. The zero-order valence-corrected chi connectivity index (χ0v) is 17.5. The van der Waals surface area contributed by atoms with Crippen LogP contribution in [0.3, 0.4) is 0 Å². The number of rotatable bonds is 10. The number of nitro benzene ring substituents is 1. The third-order valence-electron chi connectivity index (χ3n) is 4.07. The highest BCUT2D eigenvalue weighted by Crippen LogP contribution is 2.21. The third kappa shape index (κ3) is 7.40. The van der Waals surface area contributed by atoms with Crippen molar-refractivity contribution < 1.29 is 23.6 Å². The molecule has 2 aromatic carbocycles. The second-order valence-electron chi connectivity index (χ2n) is 6.94. The Hall–Kier alpha value is -3.07. The minimum absolute atomic E-state index is 0.0259. The van der Waals surface area contributed by atoms with Gasteiger partial charge in [-0.1, -0.05) is 38.2 Å². The highest BCUT2D eigenvalue weighted by Gasteiger charge is 2.14. The van der Waals surface area contributed by atoms with Crippen LogP contribution < -0.4 is 10.1 Å². The maximum atomic E-state index is 13.7. The molecule has 0 aliphatic heterocycles. The average molecular weight is 434 g/mol. The maximum Gasteiger partial charge on any atom is 0.344 e. The van der Waals surface area contributed by atoms with Gasteiger partial charge in [0.1, 0.15) is 16.6 Å². The SMILES string of the molecule is CC(C)CCOC(=O)COc1cc(F)ccc1C(=S)NCc1cccc([N+](=O)[O-])c1. The first-order chi connectivity index (χ1) is 14.3. The maximum absolute atomic E-state index is 13.7. The molecule has 30 heavy (non-hydrogen) atoms. The van der Waals surface area contributed by atoms with Crippen molar-refractivity contribution in [2.24, 2.45) is 5.92 Å². The minimum atomic E-state index is -0.554. The summed E-state index contributed by atoms with van der Waals surface area (Å²) in [6, 6.07) is 9.94. The Morgan fingerprint density at radius 1 is 1.27 bits per heavy atom. The van der Waals surface area contributed by atoms with Crippen molar-refractivity contribution in [2.45, 2.75) is 26.8 Å². The summed E-state index contributed by atoms with van der Waals surface area (Å²) in [4.78, 5) is 22.5. The van der Waals surface area contributed by atoms with Gasteiger partial charge in [0.25, 0.3) is 5.69 Å². The minimum Gasteiger partial charge on any atom is -0.481 e. The molecular weight excluding hydrogens is 411 g/mol. The van der Waals surface area contributed by atoms with Gasteiger partial charge in [0.15, 0.2) is 6.61 Å². The summed E-state index contributed by atoms with van der Waals surface area (Å²) >= 11 is 5.35. The Balaban J connectivity index is 1.99. The molecular formula is C21H23FN2O5S. The molecule has 1 N–H and O–H groups in total. The Bertz CT molecular complexity index is 920. The number of nitrogens with zero attached hydrogens (tertiary/aromatic N) is 1. The topological polar surface area (TPSA) is 90.7 Å². The van der Waals surface area contributed by atoms with Crippen molar-refractivity contribution in [3.8, 4) is 5.75 Å².